The van der Waals surface area contributed by atoms with Crippen molar-refractivity contribution in [3.05, 3.63) is 54.0 Å². The maximum Gasteiger partial charge on any atom is 0.286 e. The lowest BCUT2D eigenvalue weighted by molar-refractivity contribution is -0.130. The summed E-state index contributed by atoms with van der Waals surface area (Å²) < 4.78 is 5.02. The van der Waals surface area contributed by atoms with Crippen LogP contribution < -0.4 is 10.2 Å². The van der Waals surface area contributed by atoms with Crippen molar-refractivity contribution in [2.45, 2.75) is 32.2 Å². The maximum atomic E-state index is 12.3. The van der Waals surface area contributed by atoms with Crippen molar-refractivity contribution in [3.63, 3.8) is 0 Å². The fraction of sp³-hybridized carbons (Fsp3) is 0.429. The number of carbonyl (C=O) groups is 2. The number of rotatable bonds is 7. The highest BCUT2D eigenvalue weighted by atomic mass is 16.3. The molecule has 0 unspecified atom stereocenters. The second kappa shape index (κ2) is 9.26. The lowest BCUT2D eigenvalue weighted by atomic mass is 10.1. The molecule has 0 saturated carbocycles. The number of amides is 2. The second-order valence-electron chi connectivity index (χ2n) is 6.95. The van der Waals surface area contributed by atoms with E-state index in [4.69, 9.17) is 4.42 Å². The van der Waals surface area contributed by atoms with E-state index in [0.29, 0.717) is 6.54 Å². The van der Waals surface area contributed by atoms with Crippen molar-refractivity contribution in [1.82, 2.24) is 10.2 Å². The average molecular weight is 369 g/mol. The Bertz CT molecular complexity index is 735. The van der Waals surface area contributed by atoms with Gasteiger partial charge in [-0.1, -0.05) is 12.1 Å². The van der Waals surface area contributed by atoms with Gasteiger partial charge in [0.15, 0.2) is 5.76 Å². The number of benzene rings is 1. The van der Waals surface area contributed by atoms with E-state index in [1.165, 1.54) is 31.2 Å². The Balaban J connectivity index is 1.42. The minimum absolute atomic E-state index is 0.00477. The van der Waals surface area contributed by atoms with Crippen LogP contribution in [0.4, 0.5) is 5.69 Å². The monoisotopic (exact) mass is 369 g/mol. The molecule has 1 aliphatic heterocycles. The summed E-state index contributed by atoms with van der Waals surface area (Å²) in [5.41, 5.74) is 2.36. The SMILES string of the molecule is CN(Cc1ccc(N2CCCCC2)cc1)C(=O)CCNC(=O)c1ccco1. The molecule has 1 N–H and O–H groups in total. The van der Waals surface area contributed by atoms with Gasteiger partial charge >= 0.3 is 0 Å². The fourth-order valence-corrected chi connectivity index (χ4v) is 3.30. The third-order valence-corrected chi connectivity index (χ3v) is 4.87. The molecule has 1 aliphatic rings. The number of anilines is 1. The van der Waals surface area contributed by atoms with Crippen LogP contribution in [0.15, 0.2) is 47.1 Å². The lowest BCUT2D eigenvalue weighted by Gasteiger charge is -2.29. The van der Waals surface area contributed by atoms with Crippen molar-refractivity contribution in [2.24, 2.45) is 0 Å². The molecule has 0 atom stereocenters. The zero-order valence-electron chi connectivity index (χ0n) is 15.8. The van der Waals surface area contributed by atoms with Crippen molar-refractivity contribution in [1.29, 1.82) is 0 Å². The minimum Gasteiger partial charge on any atom is -0.459 e. The first-order chi connectivity index (χ1) is 13.1. The summed E-state index contributed by atoms with van der Waals surface area (Å²) in [7, 11) is 1.79. The molecule has 0 aliphatic carbocycles. The molecule has 6 heteroatoms. The van der Waals surface area contributed by atoms with Gasteiger partial charge < -0.3 is 19.5 Å². The largest absolute Gasteiger partial charge is 0.459 e. The van der Waals surface area contributed by atoms with E-state index in [1.807, 2.05) is 0 Å². The van der Waals surface area contributed by atoms with Crippen LogP contribution in [0.25, 0.3) is 0 Å². The van der Waals surface area contributed by atoms with Gasteiger partial charge in [-0.25, -0.2) is 0 Å². The second-order valence-corrected chi connectivity index (χ2v) is 6.95. The van der Waals surface area contributed by atoms with Crippen LogP contribution in [0, 0.1) is 0 Å². The van der Waals surface area contributed by atoms with Crippen molar-refractivity contribution in [3.8, 4) is 0 Å². The smallest absolute Gasteiger partial charge is 0.286 e. The predicted octanol–water partition coefficient (Wildman–Crippen LogP) is 3.05. The van der Waals surface area contributed by atoms with Crippen molar-refractivity contribution >= 4 is 17.5 Å². The number of nitrogens with one attached hydrogen (secondary N) is 1. The molecule has 1 aromatic heterocycles. The van der Waals surface area contributed by atoms with Gasteiger partial charge in [-0.15, -0.1) is 0 Å². The molecule has 144 valence electrons. The van der Waals surface area contributed by atoms with Crippen LogP contribution in [0.3, 0.4) is 0 Å². The topological polar surface area (TPSA) is 65.8 Å². The molecule has 1 saturated heterocycles. The summed E-state index contributed by atoms with van der Waals surface area (Å²) in [6.45, 7) is 3.10. The predicted molar refractivity (Wildman–Crippen MR) is 105 cm³/mol. The number of nitrogens with zero attached hydrogens (tertiary/aromatic N) is 2. The van der Waals surface area contributed by atoms with Gasteiger partial charge in [0.2, 0.25) is 5.91 Å². The van der Waals surface area contributed by atoms with Crippen molar-refractivity contribution in [2.75, 3.05) is 31.6 Å². The normalized spacial score (nSPS) is 14.0. The Morgan fingerprint density at radius 2 is 1.85 bits per heavy atom. The first-order valence-corrected chi connectivity index (χ1v) is 9.53. The van der Waals surface area contributed by atoms with E-state index in [1.54, 1.807) is 24.1 Å². The molecule has 27 heavy (non-hydrogen) atoms. The highest BCUT2D eigenvalue weighted by molar-refractivity contribution is 5.91. The van der Waals surface area contributed by atoms with Gasteiger partial charge in [-0.3, -0.25) is 9.59 Å². The molecular formula is C21H27N3O3. The number of furan rings is 1. The molecular weight excluding hydrogens is 342 g/mol. The Kier molecular flexibility index (Phi) is 6.52. The van der Waals surface area contributed by atoms with Gasteiger partial charge in [0.1, 0.15) is 0 Å². The van der Waals surface area contributed by atoms with Gasteiger partial charge in [0.05, 0.1) is 6.26 Å². The van der Waals surface area contributed by atoms with Gasteiger partial charge in [-0.2, -0.15) is 0 Å². The number of piperidine rings is 1. The number of hydrogen-bond acceptors (Lipinski definition) is 4. The zero-order chi connectivity index (χ0) is 19.1. The van der Waals surface area contributed by atoms with Crippen molar-refractivity contribution < 1.29 is 14.0 Å². The van der Waals surface area contributed by atoms with E-state index < -0.39 is 0 Å². The first kappa shape index (κ1) is 19.0. The summed E-state index contributed by atoms with van der Waals surface area (Å²) in [5.74, 6) is -0.0526. The molecule has 6 nitrogen and oxygen atoms in total. The molecule has 1 aromatic carbocycles. The van der Waals surface area contributed by atoms with E-state index in [0.717, 1.165) is 18.7 Å². The highest BCUT2D eigenvalue weighted by Gasteiger charge is 2.13. The summed E-state index contributed by atoms with van der Waals surface area (Å²) >= 11 is 0. The third-order valence-electron chi connectivity index (χ3n) is 4.87. The Labute approximate surface area is 160 Å². The molecule has 2 aromatic rings. The van der Waals surface area contributed by atoms with Gasteiger partial charge in [-0.05, 0) is 49.1 Å². The molecule has 3 rings (SSSR count). The number of carbonyl (C=O) groups excluding carboxylic acids is 2. The Morgan fingerprint density at radius 3 is 2.52 bits per heavy atom. The van der Waals surface area contributed by atoms with E-state index in [-0.39, 0.29) is 30.5 Å². The van der Waals surface area contributed by atoms with E-state index in [2.05, 4.69) is 34.5 Å². The quantitative estimate of drug-likeness (QED) is 0.815. The summed E-state index contributed by atoms with van der Waals surface area (Å²) in [6.07, 6.45) is 5.55. The van der Waals surface area contributed by atoms with Crippen LogP contribution in [0.5, 0.6) is 0 Å². The summed E-state index contributed by atoms with van der Waals surface area (Å²) in [4.78, 5) is 28.2. The van der Waals surface area contributed by atoms with Crippen LogP contribution in [-0.4, -0.2) is 43.4 Å². The van der Waals surface area contributed by atoms with Crippen LogP contribution in [0.1, 0.15) is 41.8 Å². The first-order valence-electron chi connectivity index (χ1n) is 9.53. The van der Waals surface area contributed by atoms with E-state index >= 15 is 0 Å². The third kappa shape index (κ3) is 5.36. The zero-order valence-corrected chi connectivity index (χ0v) is 15.8. The Morgan fingerprint density at radius 1 is 1.11 bits per heavy atom. The van der Waals surface area contributed by atoms with Crippen LogP contribution in [0.2, 0.25) is 0 Å². The molecule has 0 bridgehead atoms. The standard InChI is InChI=1S/C21H27N3O3/c1-23(20(25)11-12-22-21(26)19-6-5-15-27-19)16-17-7-9-18(10-8-17)24-13-3-2-4-14-24/h5-10,15H,2-4,11-14,16H2,1H3,(H,22,26). The lowest BCUT2D eigenvalue weighted by Crippen LogP contribution is -2.31. The molecule has 1 fully saturated rings. The summed E-state index contributed by atoms with van der Waals surface area (Å²) in [6, 6.07) is 11.7. The minimum atomic E-state index is -0.302. The van der Waals surface area contributed by atoms with Crippen LogP contribution in [-0.2, 0) is 11.3 Å². The maximum absolute atomic E-state index is 12.3. The van der Waals surface area contributed by atoms with Gasteiger partial charge in [0, 0.05) is 45.3 Å². The van der Waals surface area contributed by atoms with Gasteiger partial charge in [0.25, 0.3) is 5.91 Å². The number of hydrogen-bond donors (Lipinski definition) is 1. The molecule has 0 spiro atoms. The molecule has 0 radical (unpaired) electrons. The molecule has 2 heterocycles. The average Bonchev–Trinajstić information content (AvgIpc) is 3.24. The Hall–Kier alpha value is -2.76. The van der Waals surface area contributed by atoms with Crippen LogP contribution >= 0.6 is 0 Å². The summed E-state index contributed by atoms with van der Waals surface area (Å²) in [5, 5.41) is 2.69. The molecule has 2 amide bonds. The fourth-order valence-electron chi connectivity index (χ4n) is 3.30. The van der Waals surface area contributed by atoms with E-state index in [9.17, 15) is 9.59 Å². The highest BCUT2D eigenvalue weighted by Crippen LogP contribution is 2.20.